The average molecular weight is 158 g/mol. The van der Waals surface area contributed by atoms with Gasteiger partial charge in [-0.2, -0.15) is 5.90 Å². The minimum absolute atomic E-state index is 0.0243. The van der Waals surface area contributed by atoms with Gasteiger partial charge in [-0.3, -0.25) is 4.79 Å². The highest BCUT2D eigenvalue weighted by molar-refractivity contribution is 5.72. The Hall–Kier alpha value is -0.610. The van der Waals surface area contributed by atoms with Gasteiger partial charge in [0.05, 0.1) is 5.92 Å². The lowest BCUT2D eigenvalue weighted by Gasteiger charge is -2.26. The summed E-state index contributed by atoms with van der Waals surface area (Å²) < 4.78 is 0. The molecule has 0 radical (unpaired) electrons. The van der Waals surface area contributed by atoms with Crippen molar-refractivity contribution in [2.75, 3.05) is 20.1 Å². The Balaban J connectivity index is 2.33. The van der Waals surface area contributed by atoms with Gasteiger partial charge in [-0.25, -0.2) is 0 Å². The number of hydrogen-bond acceptors (Lipinski definition) is 4. The van der Waals surface area contributed by atoms with Crippen molar-refractivity contribution in [3.63, 3.8) is 0 Å². The summed E-state index contributed by atoms with van der Waals surface area (Å²) >= 11 is 0. The molecule has 0 atom stereocenters. The molecule has 1 fully saturated rings. The van der Waals surface area contributed by atoms with Crippen molar-refractivity contribution < 1.29 is 9.63 Å². The summed E-state index contributed by atoms with van der Waals surface area (Å²) in [5.41, 5.74) is 0. The summed E-state index contributed by atoms with van der Waals surface area (Å²) in [6.07, 6.45) is 1.74. The van der Waals surface area contributed by atoms with E-state index in [1.165, 1.54) is 0 Å². The third-order valence-electron chi connectivity index (χ3n) is 2.17. The molecule has 0 bridgehead atoms. The van der Waals surface area contributed by atoms with Crippen LogP contribution in [0.5, 0.6) is 0 Å². The fraction of sp³-hybridized carbons (Fsp3) is 0.857. The van der Waals surface area contributed by atoms with Crippen LogP contribution in [0.1, 0.15) is 12.8 Å². The minimum Gasteiger partial charge on any atom is -0.373 e. The van der Waals surface area contributed by atoms with Gasteiger partial charge in [-0.05, 0) is 33.0 Å². The Labute approximate surface area is 66.3 Å². The number of carbonyl (C=O) groups is 1. The van der Waals surface area contributed by atoms with Crippen LogP contribution in [-0.2, 0) is 9.63 Å². The molecule has 0 spiro atoms. The van der Waals surface area contributed by atoms with Crippen LogP contribution in [0.2, 0.25) is 0 Å². The van der Waals surface area contributed by atoms with Gasteiger partial charge < -0.3 is 9.74 Å². The summed E-state index contributed by atoms with van der Waals surface area (Å²) in [4.78, 5) is 17.3. The van der Waals surface area contributed by atoms with E-state index in [4.69, 9.17) is 5.90 Å². The van der Waals surface area contributed by atoms with Crippen molar-refractivity contribution in [1.29, 1.82) is 0 Å². The van der Waals surface area contributed by atoms with E-state index in [0.29, 0.717) is 0 Å². The Morgan fingerprint density at radius 3 is 2.55 bits per heavy atom. The van der Waals surface area contributed by atoms with E-state index < -0.39 is 0 Å². The summed E-state index contributed by atoms with van der Waals surface area (Å²) in [6.45, 7) is 1.92. The van der Waals surface area contributed by atoms with E-state index in [9.17, 15) is 4.79 Å². The monoisotopic (exact) mass is 158 g/mol. The number of piperidine rings is 1. The van der Waals surface area contributed by atoms with Crippen LogP contribution >= 0.6 is 0 Å². The largest absolute Gasteiger partial charge is 0.373 e. The molecule has 1 aliphatic heterocycles. The number of likely N-dealkylation sites (tertiary alicyclic amines) is 1. The highest BCUT2D eigenvalue weighted by Crippen LogP contribution is 2.16. The van der Waals surface area contributed by atoms with E-state index in [-0.39, 0.29) is 11.9 Å². The molecule has 2 N–H and O–H groups in total. The molecular formula is C7H14N2O2. The lowest BCUT2D eigenvalue weighted by molar-refractivity contribution is -0.150. The van der Waals surface area contributed by atoms with Gasteiger partial charge >= 0.3 is 5.97 Å². The smallest absolute Gasteiger partial charge is 0.327 e. The zero-order chi connectivity index (χ0) is 8.27. The second kappa shape index (κ2) is 3.69. The van der Waals surface area contributed by atoms with Gasteiger partial charge in [0, 0.05) is 0 Å². The molecule has 0 saturated carbocycles. The Morgan fingerprint density at radius 1 is 1.55 bits per heavy atom. The molecule has 0 amide bonds. The molecule has 0 unspecified atom stereocenters. The number of rotatable bonds is 1. The minimum atomic E-state index is -0.266. The fourth-order valence-corrected chi connectivity index (χ4v) is 1.34. The summed E-state index contributed by atoms with van der Waals surface area (Å²) in [7, 11) is 2.05. The summed E-state index contributed by atoms with van der Waals surface area (Å²) in [5, 5.41) is 0. The molecular weight excluding hydrogens is 144 g/mol. The fourth-order valence-electron chi connectivity index (χ4n) is 1.34. The number of nitrogens with two attached hydrogens (primary N) is 1. The molecule has 11 heavy (non-hydrogen) atoms. The predicted octanol–water partition coefficient (Wildman–Crippen LogP) is -0.255. The average Bonchev–Trinajstić information content (AvgIpc) is 2.05. The van der Waals surface area contributed by atoms with Crippen LogP contribution in [0.15, 0.2) is 0 Å². The van der Waals surface area contributed by atoms with Crippen LogP contribution in [0.25, 0.3) is 0 Å². The molecule has 1 heterocycles. The van der Waals surface area contributed by atoms with Gasteiger partial charge in [0.1, 0.15) is 0 Å². The standard InChI is InChI=1S/C7H14N2O2/c1-9-4-2-6(3-5-9)7(10)11-8/h6H,2-5,8H2,1H3. The Kier molecular flexibility index (Phi) is 2.84. The van der Waals surface area contributed by atoms with Crippen LogP contribution in [-0.4, -0.2) is 31.0 Å². The quantitative estimate of drug-likeness (QED) is 0.534. The van der Waals surface area contributed by atoms with Crippen molar-refractivity contribution >= 4 is 5.97 Å². The highest BCUT2D eigenvalue weighted by atomic mass is 16.7. The van der Waals surface area contributed by atoms with Gasteiger partial charge in [0.25, 0.3) is 0 Å². The van der Waals surface area contributed by atoms with Crippen molar-refractivity contribution in [2.45, 2.75) is 12.8 Å². The Bertz CT molecular complexity index is 141. The second-order valence-electron chi connectivity index (χ2n) is 3.01. The van der Waals surface area contributed by atoms with Gasteiger partial charge in [0.15, 0.2) is 0 Å². The topological polar surface area (TPSA) is 55.6 Å². The first-order valence-corrected chi connectivity index (χ1v) is 3.83. The van der Waals surface area contributed by atoms with E-state index in [1.54, 1.807) is 0 Å². The maximum Gasteiger partial charge on any atom is 0.327 e. The molecule has 64 valence electrons. The van der Waals surface area contributed by atoms with E-state index in [1.807, 2.05) is 7.05 Å². The van der Waals surface area contributed by atoms with Gasteiger partial charge in [0.2, 0.25) is 0 Å². The molecule has 1 saturated heterocycles. The molecule has 0 aromatic carbocycles. The molecule has 0 aliphatic carbocycles. The summed E-state index contributed by atoms with van der Waals surface area (Å²) in [6, 6.07) is 0. The number of carbonyl (C=O) groups excluding carboxylic acids is 1. The SMILES string of the molecule is CN1CCC(C(=O)ON)CC1. The number of hydrogen-bond donors (Lipinski definition) is 1. The first-order valence-electron chi connectivity index (χ1n) is 3.83. The molecule has 0 aromatic heterocycles. The Morgan fingerprint density at radius 2 is 2.09 bits per heavy atom. The van der Waals surface area contributed by atoms with E-state index >= 15 is 0 Å². The molecule has 1 aliphatic rings. The third kappa shape index (κ3) is 2.17. The van der Waals surface area contributed by atoms with Gasteiger partial charge in [-0.15, -0.1) is 0 Å². The molecule has 4 heteroatoms. The van der Waals surface area contributed by atoms with Crippen LogP contribution in [0.3, 0.4) is 0 Å². The van der Waals surface area contributed by atoms with E-state index in [0.717, 1.165) is 25.9 Å². The normalized spacial score (nSPS) is 21.6. The highest BCUT2D eigenvalue weighted by Gasteiger charge is 2.23. The van der Waals surface area contributed by atoms with Crippen molar-refractivity contribution in [2.24, 2.45) is 11.8 Å². The molecule has 0 aromatic rings. The van der Waals surface area contributed by atoms with Crippen molar-refractivity contribution in [3.8, 4) is 0 Å². The van der Waals surface area contributed by atoms with E-state index in [2.05, 4.69) is 9.74 Å². The first-order chi connectivity index (χ1) is 5.24. The maximum atomic E-state index is 10.9. The zero-order valence-electron chi connectivity index (χ0n) is 6.75. The lowest BCUT2D eigenvalue weighted by Crippen LogP contribution is -2.35. The third-order valence-corrected chi connectivity index (χ3v) is 2.17. The lowest BCUT2D eigenvalue weighted by atomic mass is 9.98. The predicted molar refractivity (Wildman–Crippen MR) is 40.5 cm³/mol. The maximum absolute atomic E-state index is 10.9. The first kappa shape index (κ1) is 8.49. The summed E-state index contributed by atoms with van der Waals surface area (Å²) in [5.74, 6) is 4.53. The number of nitrogens with zero attached hydrogens (tertiary/aromatic N) is 1. The van der Waals surface area contributed by atoms with Crippen LogP contribution in [0.4, 0.5) is 0 Å². The van der Waals surface area contributed by atoms with Crippen molar-refractivity contribution in [1.82, 2.24) is 4.90 Å². The second-order valence-corrected chi connectivity index (χ2v) is 3.01. The van der Waals surface area contributed by atoms with Crippen molar-refractivity contribution in [3.05, 3.63) is 0 Å². The zero-order valence-corrected chi connectivity index (χ0v) is 6.75. The van der Waals surface area contributed by atoms with Crippen LogP contribution < -0.4 is 5.90 Å². The molecule has 4 nitrogen and oxygen atoms in total. The molecule has 1 rings (SSSR count). The van der Waals surface area contributed by atoms with Gasteiger partial charge in [-0.1, -0.05) is 0 Å². The van der Waals surface area contributed by atoms with Crippen LogP contribution in [0, 0.1) is 5.92 Å².